The molecule has 1 saturated heterocycles. The topological polar surface area (TPSA) is 64.4 Å². The largest absolute Gasteiger partial charge is 0.377 e. The lowest BCUT2D eigenvalue weighted by Crippen LogP contribution is -2.27. The monoisotopic (exact) mass is 357 g/mol. The SMILES string of the molecule is CCN(CC)Cc1cnc(S(=O)(=O)C[C@H]2CCCO2)n1CC(C)C. The molecular formula is C17H31N3O3S. The zero-order chi connectivity index (χ0) is 17.7. The molecule has 1 aliphatic heterocycles. The summed E-state index contributed by atoms with van der Waals surface area (Å²) in [7, 11) is -3.44. The van der Waals surface area contributed by atoms with E-state index in [4.69, 9.17) is 4.74 Å². The molecule has 0 saturated carbocycles. The van der Waals surface area contributed by atoms with Crippen LogP contribution in [0.1, 0.15) is 46.2 Å². The lowest BCUT2D eigenvalue weighted by atomic mass is 10.2. The van der Waals surface area contributed by atoms with E-state index >= 15 is 0 Å². The first kappa shape index (κ1) is 19.4. The van der Waals surface area contributed by atoms with Crippen LogP contribution in [0.15, 0.2) is 11.4 Å². The lowest BCUT2D eigenvalue weighted by molar-refractivity contribution is 0.127. The van der Waals surface area contributed by atoms with Crippen molar-refractivity contribution in [2.75, 3.05) is 25.4 Å². The van der Waals surface area contributed by atoms with Crippen molar-refractivity contribution in [2.24, 2.45) is 5.92 Å². The predicted molar refractivity (Wildman–Crippen MR) is 94.7 cm³/mol. The fourth-order valence-electron chi connectivity index (χ4n) is 3.10. The Labute approximate surface area is 146 Å². The second-order valence-corrected chi connectivity index (χ2v) is 8.84. The first-order chi connectivity index (χ1) is 11.4. The van der Waals surface area contributed by atoms with Crippen LogP contribution < -0.4 is 0 Å². The Balaban J connectivity index is 2.28. The van der Waals surface area contributed by atoms with Crippen molar-refractivity contribution in [2.45, 2.75) is 64.9 Å². The van der Waals surface area contributed by atoms with Gasteiger partial charge in [-0.25, -0.2) is 13.4 Å². The highest BCUT2D eigenvalue weighted by atomic mass is 32.2. The minimum absolute atomic E-state index is 0.0345. The average Bonchev–Trinajstić information content (AvgIpc) is 3.14. The fourth-order valence-corrected chi connectivity index (χ4v) is 4.74. The van der Waals surface area contributed by atoms with Crippen LogP contribution in [0.25, 0.3) is 0 Å². The third-order valence-electron chi connectivity index (χ3n) is 4.44. The number of ether oxygens (including phenoxy) is 1. The highest BCUT2D eigenvalue weighted by Gasteiger charge is 2.29. The van der Waals surface area contributed by atoms with Gasteiger partial charge in [-0.2, -0.15) is 0 Å². The summed E-state index contributed by atoms with van der Waals surface area (Å²) in [4.78, 5) is 6.57. The van der Waals surface area contributed by atoms with Crippen molar-refractivity contribution < 1.29 is 13.2 Å². The quantitative estimate of drug-likeness (QED) is 0.679. The van der Waals surface area contributed by atoms with E-state index in [1.165, 1.54) is 0 Å². The first-order valence-corrected chi connectivity index (χ1v) is 10.6. The van der Waals surface area contributed by atoms with Crippen LogP contribution in [0.5, 0.6) is 0 Å². The van der Waals surface area contributed by atoms with Gasteiger partial charge in [0.15, 0.2) is 0 Å². The molecule has 0 spiro atoms. The molecule has 1 aromatic rings. The van der Waals surface area contributed by atoms with E-state index in [0.29, 0.717) is 19.1 Å². The summed E-state index contributed by atoms with van der Waals surface area (Å²) in [5.74, 6) is 0.388. The molecule has 0 radical (unpaired) electrons. The number of rotatable bonds is 9. The van der Waals surface area contributed by atoms with Crippen molar-refractivity contribution in [1.29, 1.82) is 0 Å². The van der Waals surface area contributed by atoms with Gasteiger partial charge in [-0.1, -0.05) is 27.7 Å². The lowest BCUT2D eigenvalue weighted by Gasteiger charge is -2.21. The van der Waals surface area contributed by atoms with Gasteiger partial charge in [0, 0.05) is 19.7 Å². The Hall–Kier alpha value is -0.920. The van der Waals surface area contributed by atoms with Crippen LogP contribution in [0.3, 0.4) is 0 Å². The molecule has 2 rings (SSSR count). The van der Waals surface area contributed by atoms with Crippen LogP contribution in [0, 0.1) is 5.92 Å². The maximum atomic E-state index is 12.9. The Kier molecular flexibility index (Phi) is 6.83. The predicted octanol–water partition coefficient (Wildman–Crippen LogP) is 2.33. The molecule has 24 heavy (non-hydrogen) atoms. The van der Waals surface area contributed by atoms with Crippen LogP contribution in [-0.4, -0.2) is 54.4 Å². The standard InChI is InChI=1S/C17H31N3O3S/c1-5-19(6-2)12-15-10-18-17(20(15)11-14(3)4)24(21,22)13-16-8-7-9-23-16/h10,14,16H,5-9,11-13H2,1-4H3/t16-/m1/s1. The van der Waals surface area contributed by atoms with Gasteiger partial charge in [0.2, 0.25) is 15.0 Å². The van der Waals surface area contributed by atoms with E-state index in [1.54, 1.807) is 6.20 Å². The molecule has 0 N–H and O–H groups in total. The van der Waals surface area contributed by atoms with E-state index in [0.717, 1.165) is 38.2 Å². The molecule has 0 bridgehead atoms. The summed E-state index contributed by atoms with van der Waals surface area (Å²) in [5, 5.41) is 0.203. The first-order valence-electron chi connectivity index (χ1n) is 8.98. The number of hydrogen-bond acceptors (Lipinski definition) is 5. The van der Waals surface area contributed by atoms with E-state index < -0.39 is 9.84 Å². The summed E-state index contributed by atoms with van der Waals surface area (Å²) in [5.41, 5.74) is 0.971. The van der Waals surface area contributed by atoms with Gasteiger partial charge in [-0.3, -0.25) is 4.90 Å². The van der Waals surface area contributed by atoms with E-state index in [-0.39, 0.29) is 17.0 Å². The molecule has 0 unspecified atom stereocenters. The van der Waals surface area contributed by atoms with E-state index in [9.17, 15) is 8.42 Å². The van der Waals surface area contributed by atoms with E-state index in [1.807, 2.05) is 4.57 Å². The number of aromatic nitrogens is 2. The highest BCUT2D eigenvalue weighted by molar-refractivity contribution is 7.91. The zero-order valence-corrected chi connectivity index (χ0v) is 16.2. The molecule has 1 fully saturated rings. The normalized spacial score (nSPS) is 18.8. The van der Waals surface area contributed by atoms with Gasteiger partial charge in [0.05, 0.1) is 23.7 Å². The minimum Gasteiger partial charge on any atom is -0.377 e. The molecule has 7 heteroatoms. The second-order valence-electron chi connectivity index (χ2n) is 6.91. The van der Waals surface area contributed by atoms with Gasteiger partial charge in [0.25, 0.3) is 0 Å². The Morgan fingerprint density at radius 1 is 1.38 bits per heavy atom. The summed E-state index contributed by atoms with van der Waals surface area (Å²) in [6.45, 7) is 12.3. The van der Waals surface area contributed by atoms with Crippen molar-refractivity contribution in [3.05, 3.63) is 11.9 Å². The highest BCUT2D eigenvalue weighted by Crippen LogP contribution is 2.21. The Morgan fingerprint density at radius 3 is 2.62 bits per heavy atom. The van der Waals surface area contributed by atoms with Gasteiger partial charge in [0.1, 0.15) is 0 Å². The molecule has 138 valence electrons. The van der Waals surface area contributed by atoms with Crippen LogP contribution in [0.4, 0.5) is 0 Å². The molecule has 6 nitrogen and oxygen atoms in total. The number of nitrogens with zero attached hydrogens (tertiary/aromatic N) is 3. The van der Waals surface area contributed by atoms with Crippen molar-refractivity contribution in [1.82, 2.24) is 14.5 Å². The van der Waals surface area contributed by atoms with Gasteiger partial charge in [-0.15, -0.1) is 0 Å². The average molecular weight is 358 g/mol. The van der Waals surface area contributed by atoms with E-state index in [2.05, 4.69) is 37.6 Å². The van der Waals surface area contributed by atoms with Crippen LogP contribution in [-0.2, 0) is 27.7 Å². The van der Waals surface area contributed by atoms with Gasteiger partial charge in [-0.05, 0) is 31.8 Å². The summed E-state index contributed by atoms with van der Waals surface area (Å²) in [6.07, 6.45) is 3.29. The Bertz CT molecular complexity index is 615. The summed E-state index contributed by atoms with van der Waals surface area (Å²) >= 11 is 0. The maximum Gasteiger partial charge on any atom is 0.227 e. The molecule has 0 aliphatic carbocycles. The maximum absolute atomic E-state index is 12.9. The molecule has 1 aromatic heterocycles. The smallest absolute Gasteiger partial charge is 0.227 e. The van der Waals surface area contributed by atoms with Crippen LogP contribution >= 0.6 is 0 Å². The molecule has 1 aliphatic rings. The number of hydrogen-bond donors (Lipinski definition) is 0. The third kappa shape index (κ3) is 4.80. The molecule has 1 atom stereocenters. The third-order valence-corrected chi connectivity index (χ3v) is 6.13. The van der Waals surface area contributed by atoms with Crippen molar-refractivity contribution in [3.8, 4) is 0 Å². The molecular weight excluding hydrogens is 326 g/mol. The number of imidazole rings is 1. The zero-order valence-electron chi connectivity index (χ0n) is 15.4. The second kappa shape index (κ2) is 8.45. The summed E-state index contributed by atoms with van der Waals surface area (Å²) < 4.78 is 33.1. The molecule has 0 aromatic carbocycles. The molecule has 0 amide bonds. The minimum atomic E-state index is -3.44. The van der Waals surface area contributed by atoms with Gasteiger partial charge >= 0.3 is 0 Å². The van der Waals surface area contributed by atoms with Crippen molar-refractivity contribution in [3.63, 3.8) is 0 Å². The van der Waals surface area contributed by atoms with Crippen molar-refractivity contribution >= 4 is 9.84 Å². The van der Waals surface area contributed by atoms with Gasteiger partial charge < -0.3 is 9.30 Å². The fraction of sp³-hybridized carbons (Fsp3) is 0.824. The molecule has 2 heterocycles. The number of sulfone groups is 1. The van der Waals surface area contributed by atoms with Crippen LogP contribution in [0.2, 0.25) is 0 Å². The summed E-state index contributed by atoms with van der Waals surface area (Å²) in [6, 6.07) is 0. The Morgan fingerprint density at radius 2 is 2.08 bits per heavy atom.